The quantitative estimate of drug-likeness (QED) is 0.424. The van der Waals surface area contributed by atoms with Gasteiger partial charge >= 0.3 is 12.0 Å². The van der Waals surface area contributed by atoms with E-state index in [9.17, 15) is 9.59 Å². The van der Waals surface area contributed by atoms with Crippen LogP contribution in [0, 0.1) is 0 Å². The highest BCUT2D eigenvalue weighted by Crippen LogP contribution is 2.34. The van der Waals surface area contributed by atoms with E-state index in [-0.39, 0.29) is 6.61 Å². The molecule has 1 atom stereocenters. The molecule has 3 rings (SSSR count). The average molecular weight is 472 g/mol. The van der Waals surface area contributed by atoms with Crippen LogP contribution in [0.25, 0.3) is 0 Å². The number of halogens is 3. The maximum Gasteiger partial charge on any atom is 0.338 e. The number of thioether (sulfide) groups is 1. The second kappa shape index (κ2) is 9.76. The first-order chi connectivity index (χ1) is 13.9. The van der Waals surface area contributed by atoms with Crippen LogP contribution in [-0.4, -0.2) is 24.4 Å². The minimum absolute atomic E-state index is 0.212. The summed E-state index contributed by atoms with van der Waals surface area (Å²) in [6, 6.07) is 11.0. The molecule has 1 aliphatic heterocycles. The topological polar surface area (TPSA) is 67.4 Å². The van der Waals surface area contributed by atoms with Gasteiger partial charge in [-0.25, -0.2) is 9.59 Å². The molecule has 2 aromatic rings. The highest BCUT2D eigenvalue weighted by atomic mass is 35.5. The van der Waals surface area contributed by atoms with Gasteiger partial charge in [0.15, 0.2) is 0 Å². The van der Waals surface area contributed by atoms with Gasteiger partial charge in [0, 0.05) is 26.4 Å². The molecule has 0 saturated carbocycles. The number of amides is 2. The number of carbonyl (C=O) groups is 2. The van der Waals surface area contributed by atoms with E-state index >= 15 is 0 Å². The molecule has 5 nitrogen and oxygen atoms in total. The van der Waals surface area contributed by atoms with E-state index in [0.717, 1.165) is 10.5 Å². The number of ether oxygens (including phenoxy) is 1. The summed E-state index contributed by atoms with van der Waals surface area (Å²) in [4.78, 5) is 25.8. The summed E-state index contributed by atoms with van der Waals surface area (Å²) in [5, 5.41) is 7.15. The maximum absolute atomic E-state index is 12.7. The molecule has 2 amide bonds. The van der Waals surface area contributed by atoms with Gasteiger partial charge in [0.25, 0.3) is 0 Å². The van der Waals surface area contributed by atoms with Crippen molar-refractivity contribution in [2.45, 2.75) is 17.9 Å². The Morgan fingerprint density at radius 3 is 2.48 bits per heavy atom. The molecule has 0 aromatic heterocycles. The van der Waals surface area contributed by atoms with Gasteiger partial charge in [0.2, 0.25) is 0 Å². The van der Waals surface area contributed by atoms with Gasteiger partial charge in [-0.1, -0.05) is 46.9 Å². The summed E-state index contributed by atoms with van der Waals surface area (Å²) in [6.07, 6.45) is 0. The first-order valence-electron chi connectivity index (χ1n) is 8.70. The summed E-state index contributed by atoms with van der Waals surface area (Å²) in [5.41, 5.74) is 1.50. The van der Waals surface area contributed by atoms with Crippen molar-refractivity contribution in [1.82, 2.24) is 10.6 Å². The summed E-state index contributed by atoms with van der Waals surface area (Å²) >= 11 is 19.6. The fraction of sp³-hybridized carbons (Fsp3) is 0.200. The Balaban J connectivity index is 1.98. The lowest BCUT2D eigenvalue weighted by Gasteiger charge is -2.29. The van der Waals surface area contributed by atoms with Crippen molar-refractivity contribution in [2.75, 3.05) is 12.4 Å². The van der Waals surface area contributed by atoms with Crippen LogP contribution in [0.1, 0.15) is 18.5 Å². The molecule has 2 N–H and O–H groups in total. The van der Waals surface area contributed by atoms with E-state index in [1.807, 2.05) is 0 Å². The van der Waals surface area contributed by atoms with Crippen molar-refractivity contribution in [3.8, 4) is 0 Å². The third kappa shape index (κ3) is 5.39. The van der Waals surface area contributed by atoms with Crippen LogP contribution < -0.4 is 10.6 Å². The molecule has 0 unspecified atom stereocenters. The van der Waals surface area contributed by atoms with Crippen LogP contribution in [0.15, 0.2) is 58.6 Å². The van der Waals surface area contributed by atoms with E-state index in [1.54, 1.807) is 49.4 Å². The number of urea groups is 1. The molecule has 2 aromatic carbocycles. The van der Waals surface area contributed by atoms with Crippen LogP contribution in [0.5, 0.6) is 0 Å². The van der Waals surface area contributed by atoms with Crippen LogP contribution in [0.2, 0.25) is 15.1 Å². The fourth-order valence-electron chi connectivity index (χ4n) is 2.82. The molecular weight excluding hydrogens is 455 g/mol. The number of hydrogen-bond acceptors (Lipinski definition) is 4. The molecule has 0 fully saturated rings. The SMILES string of the molecule is CCOC(=O)C1=C(CSc2cc(Cl)ccc2Cl)NC(=O)N[C@@H]1c1ccc(Cl)cc1. The number of rotatable bonds is 6. The Labute approximate surface area is 187 Å². The number of carbonyl (C=O) groups excluding carboxylic acids is 2. The molecule has 29 heavy (non-hydrogen) atoms. The Kier molecular flexibility index (Phi) is 7.35. The Morgan fingerprint density at radius 1 is 1.10 bits per heavy atom. The van der Waals surface area contributed by atoms with Crippen molar-refractivity contribution in [2.24, 2.45) is 0 Å². The zero-order valence-corrected chi connectivity index (χ0v) is 18.4. The highest BCUT2D eigenvalue weighted by Gasteiger charge is 2.33. The molecule has 152 valence electrons. The van der Waals surface area contributed by atoms with E-state index < -0.39 is 18.0 Å². The van der Waals surface area contributed by atoms with E-state index in [2.05, 4.69) is 10.6 Å². The first kappa shape index (κ1) is 21.8. The summed E-state index contributed by atoms with van der Waals surface area (Å²) in [7, 11) is 0. The second-order valence-electron chi connectivity index (χ2n) is 6.06. The lowest BCUT2D eigenvalue weighted by atomic mass is 9.95. The molecule has 1 heterocycles. The van der Waals surface area contributed by atoms with Crippen LogP contribution in [-0.2, 0) is 9.53 Å². The molecule has 0 radical (unpaired) electrons. The van der Waals surface area contributed by atoms with Crippen molar-refractivity contribution in [3.05, 3.63) is 74.4 Å². The highest BCUT2D eigenvalue weighted by molar-refractivity contribution is 7.99. The number of esters is 1. The summed E-state index contributed by atoms with van der Waals surface area (Å²) < 4.78 is 5.25. The lowest BCUT2D eigenvalue weighted by Crippen LogP contribution is -2.46. The molecule has 0 aliphatic carbocycles. The number of hydrogen-bond donors (Lipinski definition) is 2. The molecule has 0 saturated heterocycles. The van der Waals surface area contributed by atoms with Crippen LogP contribution >= 0.6 is 46.6 Å². The monoisotopic (exact) mass is 470 g/mol. The molecule has 9 heteroatoms. The summed E-state index contributed by atoms with van der Waals surface area (Å²) in [6.45, 7) is 1.94. The number of nitrogens with one attached hydrogen (secondary N) is 2. The molecule has 1 aliphatic rings. The van der Waals surface area contributed by atoms with Gasteiger partial charge in [-0.05, 0) is 42.8 Å². The normalized spacial score (nSPS) is 16.3. The zero-order valence-electron chi connectivity index (χ0n) is 15.3. The van der Waals surface area contributed by atoms with Crippen molar-refractivity contribution < 1.29 is 14.3 Å². The van der Waals surface area contributed by atoms with Crippen molar-refractivity contribution >= 4 is 58.6 Å². The van der Waals surface area contributed by atoms with Gasteiger partial charge in [-0.2, -0.15) is 0 Å². The van der Waals surface area contributed by atoms with Gasteiger partial charge in [-0.15, -0.1) is 11.8 Å². The van der Waals surface area contributed by atoms with Gasteiger partial charge < -0.3 is 15.4 Å². The Hall–Kier alpha value is -1.86. The van der Waals surface area contributed by atoms with Crippen LogP contribution in [0.4, 0.5) is 4.79 Å². The first-order valence-corrected chi connectivity index (χ1v) is 10.8. The smallest absolute Gasteiger partial charge is 0.338 e. The zero-order chi connectivity index (χ0) is 21.0. The number of benzene rings is 2. The van der Waals surface area contributed by atoms with E-state index in [0.29, 0.717) is 32.1 Å². The van der Waals surface area contributed by atoms with E-state index in [1.165, 1.54) is 11.8 Å². The molecular formula is C20H17Cl3N2O3S. The molecule has 0 bridgehead atoms. The largest absolute Gasteiger partial charge is 0.463 e. The minimum atomic E-state index is -0.662. The van der Waals surface area contributed by atoms with Crippen LogP contribution in [0.3, 0.4) is 0 Å². The van der Waals surface area contributed by atoms with Crippen molar-refractivity contribution in [3.63, 3.8) is 0 Å². The van der Waals surface area contributed by atoms with Crippen molar-refractivity contribution in [1.29, 1.82) is 0 Å². The second-order valence-corrected chi connectivity index (χ2v) is 8.36. The molecule has 0 spiro atoms. The van der Waals surface area contributed by atoms with Gasteiger partial charge in [0.1, 0.15) is 0 Å². The third-order valence-corrected chi connectivity index (χ3v) is 6.13. The summed E-state index contributed by atoms with van der Waals surface area (Å²) in [5.74, 6) is -0.209. The maximum atomic E-state index is 12.7. The van der Waals surface area contributed by atoms with Gasteiger partial charge in [-0.3, -0.25) is 0 Å². The fourth-order valence-corrected chi connectivity index (χ4v) is 4.41. The third-order valence-electron chi connectivity index (χ3n) is 4.12. The van der Waals surface area contributed by atoms with E-state index in [4.69, 9.17) is 39.5 Å². The standard InChI is InChI=1S/C20H17Cl3N2O3S/c1-2-28-19(26)17-15(10-29-16-9-13(22)7-8-14(16)23)24-20(27)25-18(17)11-3-5-12(21)6-4-11/h3-9,18H,2,10H2,1H3,(H2,24,25,27)/t18-/m1/s1. The predicted molar refractivity (Wildman–Crippen MR) is 117 cm³/mol. The Morgan fingerprint density at radius 2 is 1.79 bits per heavy atom. The lowest BCUT2D eigenvalue weighted by molar-refractivity contribution is -0.139. The predicted octanol–water partition coefficient (Wildman–Crippen LogP) is 5.61. The Bertz CT molecular complexity index is 964. The average Bonchev–Trinajstić information content (AvgIpc) is 2.69. The van der Waals surface area contributed by atoms with Gasteiger partial charge in [0.05, 0.1) is 23.2 Å². The minimum Gasteiger partial charge on any atom is -0.463 e.